The lowest BCUT2D eigenvalue weighted by Crippen LogP contribution is -2.41. The average Bonchev–Trinajstić information content (AvgIpc) is 3.22. The Labute approximate surface area is 189 Å². The molecule has 1 aromatic carbocycles. The van der Waals surface area contributed by atoms with Crippen LogP contribution in [0.25, 0.3) is 11.2 Å². The van der Waals surface area contributed by atoms with Gasteiger partial charge in [0, 0.05) is 23.4 Å². The summed E-state index contributed by atoms with van der Waals surface area (Å²) >= 11 is 1.52. The molecule has 32 heavy (non-hydrogen) atoms. The number of fused-ring (bicyclic) bond motifs is 5. The molecule has 0 unspecified atom stereocenters. The summed E-state index contributed by atoms with van der Waals surface area (Å²) in [6, 6.07) is 4.04. The van der Waals surface area contributed by atoms with Gasteiger partial charge >= 0.3 is 5.69 Å². The fraction of sp³-hybridized carbons (Fsp3) is 0.391. The minimum Gasteiger partial charge on any atom is -0.382 e. The van der Waals surface area contributed by atoms with Crippen LogP contribution in [0.5, 0.6) is 0 Å². The van der Waals surface area contributed by atoms with Gasteiger partial charge in [0.2, 0.25) is 0 Å². The van der Waals surface area contributed by atoms with Crippen LogP contribution in [0.4, 0.5) is 5.82 Å². The van der Waals surface area contributed by atoms with Gasteiger partial charge in [-0.2, -0.15) is 0 Å². The highest BCUT2D eigenvalue weighted by Crippen LogP contribution is 2.33. The lowest BCUT2D eigenvalue weighted by atomic mass is 9.97. The molecule has 0 spiro atoms. The van der Waals surface area contributed by atoms with Crippen molar-refractivity contribution < 1.29 is 4.79 Å². The molecular formula is C23H26N6O2S. The maximum absolute atomic E-state index is 13.3. The summed E-state index contributed by atoms with van der Waals surface area (Å²) < 4.78 is 1.57. The molecule has 0 saturated heterocycles. The zero-order valence-corrected chi connectivity index (χ0v) is 19.3. The van der Waals surface area contributed by atoms with Crippen molar-refractivity contribution in [3.63, 3.8) is 0 Å². The number of carbonyl (C=O) groups is 1. The number of benzene rings is 1. The first kappa shape index (κ1) is 20.8. The monoisotopic (exact) mass is 450 g/mol. The van der Waals surface area contributed by atoms with Crippen LogP contribution in [-0.4, -0.2) is 41.6 Å². The number of hydrogen-bond donors (Lipinski definition) is 2. The number of aromatic nitrogens is 4. The third-order valence-corrected chi connectivity index (χ3v) is 6.88. The molecule has 3 N–H and O–H groups in total. The molecule has 0 fully saturated rings. The zero-order chi connectivity index (χ0) is 22.6. The van der Waals surface area contributed by atoms with Crippen LogP contribution >= 0.6 is 11.8 Å². The Morgan fingerprint density at radius 2 is 1.94 bits per heavy atom. The van der Waals surface area contributed by atoms with Gasteiger partial charge in [-0.25, -0.2) is 14.8 Å². The predicted octanol–water partition coefficient (Wildman–Crippen LogP) is 3.10. The molecule has 9 heteroatoms. The van der Waals surface area contributed by atoms with E-state index in [9.17, 15) is 9.59 Å². The topological polar surface area (TPSA) is 110 Å². The molecule has 1 amide bonds. The Bertz CT molecular complexity index is 1330. The van der Waals surface area contributed by atoms with Gasteiger partial charge < -0.3 is 15.6 Å². The first-order valence-electron chi connectivity index (χ1n) is 10.7. The van der Waals surface area contributed by atoms with Gasteiger partial charge in [0.15, 0.2) is 16.6 Å². The molecule has 4 heterocycles. The number of nitrogen functional groups attached to an aromatic ring is 1. The second kappa shape index (κ2) is 7.51. The Hall–Kier alpha value is -3.07. The van der Waals surface area contributed by atoms with Gasteiger partial charge in [0.25, 0.3) is 5.91 Å². The van der Waals surface area contributed by atoms with E-state index in [0.29, 0.717) is 29.4 Å². The van der Waals surface area contributed by atoms with Crippen LogP contribution < -0.4 is 11.4 Å². The predicted molar refractivity (Wildman–Crippen MR) is 126 cm³/mol. The number of nitrogens with one attached hydrogen (secondary N) is 1. The number of hydrogen-bond acceptors (Lipinski definition) is 6. The number of nitrogens with zero attached hydrogens (tertiary/aromatic N) is 4. The molecule has 4 bridgehead atoms. The number of anilines is 1. The van der Waals surface area contributed by atoms with Crippen LogP contribution in [0.3, 0.4) is 0 Å². The molecule has 2 aliphatic heterocycles. The highest BCUT2D eigenvalue weighted by molar-refractivity contribution is 7.99. The summed E-state index contributed by atoms with van der Waals surface area (Å²) in [6.07, 6.45) is 5.92. The number of thioether (sulfide) groups is 1. The second-order valence-electron chi connectivity index (χ2n) is 9.26. The highest BCUT2D eigenvalue weighted by Gasteiger charge is 2.36. The van der Waals surface area contributed by atoms with Crippen LogP contribution in [0, 0.1) is 0 Å². The van der Waals surface area contributed by atoms with Crippen molar-refractivity contribution in [1.82, 2.24) is 24.4 Å². The quantitative estimate of drug-likeness (QED) is 0.402. The maximum Gasteiger partial charge on any atom is 0.328 e. The van der Waals surface area contributed by atoms with Crippen molar-refractivity contribution in [3.05, 3.63) is 57.0 Å². The van der Waals surface area contributed by atoms with Gasteiger partial charge in [-0.05, 0) is 56.4 Å². The number of H-pyrrole nitrogens is 1. The first-order valence-corrected chi connectivity index (χ1v) is 11.7. The summed E-state index contributed by atoms with van der Waals surface area (Å²) in [5.41, 5.74) is 10.3. The number of carbonyl (C=O) groups excluding carboxylic acids is 1. The number of imidazole rings is 1. The number of rotatable bonds is 0. The van der Waals surface area contributed by atoms with E-state index in [1.54, 1.807) is 4.57 Å². The normalized spacial score (nSPS) is 17.6. The summed E-state index contributed by atoms with van der Waals surface area (Å²) in [5.74, 6) is 1.11. The third kappa shape index (κ3) is 3.50. The minimum atomic E-state index is -0.292. The van der Waals surface area contributed by atoms with Crippen molar-refractivity contribution in [2.24, 2.45) is 0 Å². The van der Waals surface area contributed by atoms with Crippen LogP contribution in [0.1, 0.15) is 54.2 Å². The van der Waals surface area contributed by atoms with Crippen molar-refractivity contribution >= 4 is 34.7 Å². The fourth-order valence-corrected chi connectivity index (χ4v) is 5.09. The molecule has 0 radical (unpaired) electrons. The number of allylic oxidation sites excluding steroid dienone is 2. The molecule has 2 aliphatic rings. The van der Waals surface area contributed by atoms with E-state index >= 15 is 0 Å². The van der Waals surface area contributed by atoms with Crippen molar-refractivity contribution in [2.75, 3.05) is 11.5 Å². The maximum atomic E-state index is 13.3. The SMILES string of the molecule is CC(C)(C)N1Cc2c3cc(cc2C1=O)Cn1c(=O)[nH]c2c(N)nc(nc21)SCC/C=C/C3. The van der Waals surface area contributed by atoms with E-state index in [2.05, 4.69) is 53.9 Å². The number of amides is 1. The molecule has 2 aromatic heterocycles. The van der Waals surface area contributed by atoms with E-state index in [1.165, 1.54) is 11.8 Å². The van der Waals surface area contributed by atoms with Gasteiger partial charge in [-0.3, -0.25) is 9.36 Å². The van der Waals surface area contributed by atoms with E-state index in [0.717, 1.165) is 40.8 Å². The Kier molecular flexibility index (Phi) is 4.88. The second-order valence-corrected chi connectivity index (χ2v) is 10.3. The van der Waals surface area contributed by atoms with Crippen LogP contribution in [0.15, 0.2) is 34.2 Å². The molecule has 166 valence electrons. The summed E-state index contributed by atoms with van der Waals surface area (Å²) in [6.45, 7) is 7.07. The van der Waals surface area contributed by atoms with Crippen molar-refractivity contribution in [3.8, 4) is 0 Å². The van der Waals surface area contributed by atoms with E-state index < -0.39 is 0 Å². The molecule has 0 aliphatic carbocycles. The minimum absolute atomic E-state index is 0.0391. The van der Waals surface area contributed by atoms with Gasteiger partial charge in [0.1, 0.15) is 5.52 Å². The number of aromatic amines is 1. The van der Waals surface area contributed by atoms with Crippen molar-refractivity contribution in [2.45, 2.75) is 57.4 Å². The molecular weight excluding hydrogens is 424 g/mol. The molecule has 0 atom stereocenters. The van der Waals surface area contributed by atoms with Crippen LogP contribution in [-0.2, 0) is 19.5 Å². The summed E-state index contributed by atoms with van der Waals surface area (Å²) in [4.78, 5) is 39.6. The smallest absolute Gasteiger partial charge is 0.328 e. The summed E-state index contributed by atoms with van der Waals surface area (Å²) in [7, 11) is 0. The fourth-order valence-electron chi connectivity index (χ4n) is 4.34. The lowest BCUT2D eigenvalue weighted by molar-refractivity contribution is 0.0609. The van der Waals surface area contributed by atoms with Crippen LogP contribution in [0.2, 0.25) is 0 Å². The molecule has 5 rings (SSSR count). The first-order chi connectivity index (χ1) is 15.2. The Morgan fingerprint density at radius 1 is 1.12 bits per heavy atom. The van der Waals surface area contributed by atoms with Gasteiger partial charge in [-0.1, -0.05) is 30.0 Å². The summed E-state index contributed by atoms with van der Waals surface area (Å²) in [5, 5.41) is 0.554. The highest BCUT2D eigenvalue weighted by atomic mass is 32.2. The van der Waals surface area contributed by atoms with Gasteiger partial charge in [0.05, 0.1) is 6.54 Å². The van der Waals surface area contributed by atoms with E-state index in [-0.39, 0.29) is 23.0 Å². The standard InChI is InChI=1S/C23H26N6O2S/c1-23(2,3)29-12-16-14-7-5-4-6-8-32-21-26-18(24)17-19(27-21)28(22(31)25-17)11-13(9-14)10-15(16)20(29)30/h4-5,9-10H,6-8,11-12H2,1-3H3,(H,25,31)(H2,24,26,27)/b5-4+. The Morgan fingerprint density at radius 3 is 2.72 bits per heavy atom. The molecule has 0 saturated carbocycles. The number of nitrogens with two attached hydrogens (primary N) is 1. The van der Waals surface area contributed by atoms with Gasteiger partial charge in [-0.15, -0.1) is 0 Å². The lowest BCUT2D eigenvalue weighted by Gasteiger charge is -2.31. The largest absolute Gasteiger partial charge is 0.382 e. The zero-order valence-electron chi connectivity index (χ0n) is 18.4. The Balaban J connectivity index is 1.67. The molecule has 8 nitrogen and oxygen atoms in total. The average molecular weight is 451 g/mol. The third-order valence-electron chi connectivity index (χ3n) is 5.99. The van der Waals surface area contributed by atoms with Crippen molar-refractivity contribution in [1.29, 1.82) is 0 Å². The molecule has 3 aromatic rings. The van der Waals surface area contributed by atoms with E-state index in [1.807, 2.05) is 11.0 Å². The van der Waals surface area contributed by atoms with E-state index in [4.69, 9.17) is 5.73 Å².